The maximum atomic E-state index is 3.36. The van der Waals surface area contributed by atoms with Gasteiger partial charge < -0.3 is 5.32 Å². The van der Waals surface area contributed by atoms with Gasteiger partial charge in [-0.25, -0.2) is 0 Å². The van der Waals surface area contributed by atoms with Gasteiger partial charge in [0.15, 0.2) is 0 Å². The monoisotopic (exact) mass is 182 g/mol. The molecule has 2 aliphatic heterocycles. The highest BCUT2D eigenvalue weighted by Crippen LogP contribution is 2.30. The van der Waals surface area contributed by atoms with Crippen LogP contribution in [0.2, 0.25) is 0 Å². The quantitative estimate of drug-likeness (QED) is 0.660. The van der Waals surface area contributed by atoms with Gasteiger partial charge in [0.05, 0.1) is 0 Å². The zero-order valence-corrected chi connectivity index (χ0v) is 8.97. The lowest BCUT2D eigenvalue weighted by molar-refractivity contribution is 0.146. The average Bonchev–Trinajstić information content (AvgIpc) is 2.09. The van der Waals surface area contributed by atoms with Gasteiger partial charge in [-0.1, -0.05) is 13.8 Å². The summed E-state index contributed by atoms with van der Waals surface area (Å²) >= 11 is 0. The molecule has 0 saturated carbocycles. The van der Waals surface area contributed by atoms with E-state index in [-0.39, 0.29) is 0 Å². The number of hydrogen-bond acceptors (Lipinski definition) is 2. The molecule has 0 aromatic heterocycles. The SMILES string of the molecule is CC1(C)CCCN(C2CNC2)CC1. The van der Waals surface area contributed by atoms with Crippen molar-refractivity contribution in [2.45, 2.75) is 39.2 Å². The molecular formula is C11H22N2. The maximum Gasteiger partial charge on any atom is 0.0345 e. The van der Waals surface area contributed by atoms with Gasteiger partial charge in [-0.2, -0.15) is 0 Å². The number of nitrogens with one attached hydrogen (secondary N) is 1. The van der Waals surface area contributed by atoms with Gasteiger partial charge in [0.25, 0.3) is 0 Å². The molecule has 0 aliphatic carbocycles. The Bertz CT molecular complexity index is 173. The van der Waals surface area contributed by atoms with Gasteiger partial charge in [-0.3, -0.25) is 4.90 Å². The molecule has 0 amide bonds. The molecule has 0 spiro atoms. The summed E-state index contributed by atoms with van der Waals surface area (Å²) in [6.07, 6.45) is 4.18. The van der Waals surface area contributed by atoms with Gasteiger partial charge in [-0.05, 0) is 37.8 Å². The molecular weight excluding hydrogens is 160 g/mol. The minimum atomic E-state index is 0.589. The van der Waals surface area contributed by atoms with Crippen molar-refractivity contribution >= 4 is 0 Å². The zero-order chi connectivity index (χ0) is 9.31. The Hall–Kier alpha value is -0.0800. The van der Waals surface area contributed by atoms with Crippen LogP contribution in [0.15, 0.2) is 0 Å². The van der Waals surface area contributed by atoms with Crippen LogP contribution >= 0.6 is 0 Å². The standard InChI is InChI=1S/C11H22N2/c1-11(2)4-3-6-13(7-5-11)10-8-12-9-10/h10,12H,3-9H2,1-2H3. The van der Waals surface area contributed by atoms with E-state index >= 15 is 0 Å². The molecule has 2 fully saturated rings. The van der Waals surface area contributed by atoms with Crippen molar-refractivity contribution in [1.29, 1.82) is 0 Å². The molecule has 2 heteroatoms. The summed E-state index contributed by atoms with van der Waals surface area (Å²) in [5.41, 5.74) is 0.589. The van der Waals surface area contributed by atoms with Crippen molar-refractivity contribution in [1.82, 2.24) is 10.2 Å². The Morgan fingerprint density at radius 2 is 1.92 bits per heavy atom. The van der Waals surface area contributed by atoms with Crippen molar-refractivity contribution in [2.75, 3.05) is 26.2 Å². The number of hydrogen-bond donors (Lipinski definition) is 1. The molecule has 2 saturated heterocycles. The van der Waals surface area contributed by atoms with Crippen LogP contribution in [0.4, 0.5) is 0 Å². The number of rotatable bonds is 1. The molecule has 2 aliphatic rings. The summed E-state index contributed by atoms with van der Waals surface area (Å²) in [5.74, 6) is 0. The predicted octanol–water partition coefficient (Wildman–Crippen LogP) is 1.47. The van der Waals surface area contributed by atoms with E-state index < -0.39 is 0 Å². The van der Waals surface area contributed by atoms with Crippen molar-refractivity contribution in [2.24, 2.45) is 5.41 Å². The molecule has 2 rings (SSSR count). The van der Waals surface area contributed by atoms with Crippen molar-refractivity contribution < 1.29 is 0 Å². The molecule has 0 bridgehead atoms. The van der Waals surface area contributed by atoms with Crippen LogP contribution in [0.5, 0.6) is 0 Å². The second-order valence-corrected chi connectivity index (χ2v) is 5.37. The first kappa shape index (κ1) is 9.47. The van der Waals surface area contributed by atoms with Crippen molar-refractivity contribution in [3.05, 3.63) is 0 Å². The first-order chi connectivity index (χ1) is 6.17. The Balaban J connectivity index is 1.86. The normalized spacial score (nSPS) is 30.9. The first-order valence-electron chi connectivity index (χ1n) is 5.62. The van der Waals surface area contributed by atoms with Gasteiger partial charge in [0, 0.05) is 19.1 Å². The number of likely N-dealkylation sites (tertiary alicyclic amines) is 1. The fourth-order valence-electron chi connectivity index (χ4n) is 2.34. The minimum Gasteiger partial charge on any atom is -0.314 e. The largest absolute Gasteiger partial charge is 0.314 e. The third kappa shape index (κ3) is 2.23. The van der Waals surface area contributed by atoms with Crippen molar-refractivity contribution in [3.63, 3.8) is 0 Å². The van der Waals surface area contributed by atoms with Crippen LogP contribution in [-0.4, -0.2) is 37.1 Å². The minimum absolute atomic E-state index is 0.589. The first-order valence-corrected chi connectivity index (χ1v) is 5.62. The lowest BCUT2D eigenvalue weighted by atomic mass is 9.85. The Morgan fingerprint density at radius 1 is 1.15 bits per heavy atom. The molecule has 0 aromatic rings. The Kier molecular flexibility index (Phi) is 2.61. The van der Waals surface area contributed by atoms with E-state index in [1.54, 1.807) is 0 Å². The van der Waals surface area contributed by atoms with Gasteiger partial charge in [-0.15, -0.1) is 0 Å². The van der Waals surface area contributed by atoms with Crippen molar-refractivity contribution in [3.8, 4) is 0 Å². The fourth-order valence-corrected chi connectivity index (χ4v) is 2.34. The topological polar surface area (TPSA) is 15.3 Å². The van der Waals surface area contributed by atoms with E-state index in [0.717, 1.165) is 6.04 Å². The second-order valence-electron chi connectivity index (χ2n) is 5.37. The van der Waals surface area contributed by atoms with Gasteiger partial charge in [0.1, 0.15) is 0 Å². The Morgan fingerprint density at radius 3 is 2.54 bits per heavy atom. The average molecular weight is 182 g/mol. The lowest BCUT2D eigenvalue weighted by Crippen LogP contribution is -2.57. The predicted molar refractivity (Wildman–Crippen MR) is 55.9 cm³/mol. The summed E-state index contributed by atoms with van der Waals surface area (Å²) in [5, 5.41) is 3.36. The summed E-state index contributed by atoms with van der Waals surface area (Å²) in [7, 11) is 0. The summed E-state index contributed by atoms with van der Waals surface area (Å²) in [6.45, 7) is 9.92. The molecule has 0 aromatic carbocycles. The summed E-state index contributed by atoms with van der Waals surface area (Å²) in [4.78, 5) is 2.69. The van der Waals surface area contributed by atoms with E-state index in [1.807, 2.05) is 0 Å². The van der Waals surface area contributed by atoms with E-state index in [2.05, 4.69) is 24.1 Å². The number of nitrogens with zero attached hydrogens (tertiary/aromatic N) is 1. The molecule has 2 heterocycles. The van der Waals surface area contributed by atoms with E-state index in [9.17, 15) is 0 Å². The van der Waals surface area contributed by atoms with Crippen LogP contribution in [0, 0.1) is 5.41 Å². The van der Waals surface area contributed by atoms with Crippen LogP contribution in [0.1, 0.15) is 33.1 Å². The third-order valence-electron chi connectivity index (χ3n) is 3.65. The van der Waals surface area contributed by atoms with E-state index in [4.69, 9.17) is 0 Å². The molecule has 0 atom stereocenters. The van der Waals surface area contributed by atoms with E-state index in [0.29, 0.717) is 5.41 Å². The highest BCUT2D eigenvalue weighted by Gasteiger charge is 2.29. The smallest absolute Gasteiger partial charge is 0.0345 e. The summed E-state index contributed by atoms with van der Waals surface area (Å²) in [6, 6.07) is 0.855. The van der Waals surface area contributed by atoms with Gasteiger partial charge in [0.2, 0.25) is 0 Å². The third-order valence-corrected chi connectivity index (χ3v) is 3.65. The molecule has 0 unspecified atom stereocenters. The maximum absolute atomic E-state index is 3.36. The fraction of sp³-hybridized carbons (Fsp3) is 1.00. The molecule has 76 valence electrons. The van der Waals surface area contributed by atoms with E-state index in [1.165, 1.54) is 45.4 Å². The lowest BCUT2D eigenvalue weighted by Gasteiger charge is -2.37. The van der Waals surface area contributed by atoms with Crippen LogP contribution in [-0.2, 0) is 0 Å². The molecule has 2 nitrogen and oxygen atoms in total. The van der Waals surface area contributed by atoms with Crippen LogP contribution in [0.3, 0.4) is 0 Å². The highest BCUT2D eigenvalue weighted by molar-refractivity contribution is 4.87. The highest BCUT2D eigenvalue weighted by atomic mass is 15.2. The van der Waals surface area contributed by atoms with Crippen LogP contribution in [0.25, 0.3) is 0 Å². The summed E-state index contributed by atoms with van der Waals surface area (Å²) < 4.78 is 0. The second kappa shape index (κ2) is 3.58. The molecule has 0 radical (unpaired) electrons. The Labute approximate surface area is 81.7 Å². The van der Waals surface area contributed by atoms with Crippen LogP contribution < -0.4 is 5.32 Å². The zero-order valence-electron chi connectivity index (χ0n) is 8.97. The molecule has 1 N–H and O–H groups in total. The van der Waals surface area contributed by atoms with Gasteiger partial charge >= 0.3 is 0 Å². The molecule has 13 heavy (non-hydrogen) atoms.